The third-order valence-electron chi connectivity index (χ3n) is 3.47. The molecule has 0 radical (unpaired) electrons. The van der Waals surface area contributed by atoms with E-state index in [1.807, 2.05) is 0 Å². The molecule has 1 unspecified atom stereocenters. The van der Waals surface area contributed by atoms with Crippen LogP contribution in [0.1, 0.15) is 18.5 Å². The van der Waals surface area contributed by atoms with Crippen LogP contribution in [0.15, 0.2) is 18.2 Å². The number of nitrogens with one attached hydrogen (secondary N) is 1. The van der Waals surface area contributed by atoms with Gasteiger partial charge in [0.25, 0.3) is 0 Å². The Hall–Kier alpha value is -1.20. The molecule has 1 atom stereocenters. The molecule has 6 heteroatoms. The first-order valence-corrected chi connectivity index (χ1v) is 5.93. The Morgan fingerprint density at radius 3 is 2.58 bits per heavy atom. The van der Waals surface area contributed by atoms with Crippen molar-refractivity contribution in [2.75, 3.05) is 20.1 Å². The molecule has 1 aliphatic rings. The normalized spacial score (nSPS) is 16.2. The van der Waals surface area contributed by atoms with Gasteiger partial charge in [0.2, 0.25) is 5.91 Å². The summed E-state index contributed by atoms with van der Waals surface area (Å²) in [6, 6.07) is 2.82. The zero-order valence-corrected chi connectivity index (χ0v) is 11.6. The molecule has 0 saturated carbocycles. The minimum absolute atomic E-state index is 0. The van der Waals surface area contributed by atoms with Crippen molar-refractivity contribution in [3.63, 3.8) is 0 Å². The van der Waals surface area contributed by atoms with E-state index in [0.29, 0.717) is 13.1 Å². The number of hydrogen-bond acceptors (Lipinski definition) is 2. The highest BCUT2D eigenvalue weighted by Crippen LogP contribution is 2.24. The SMILES string of the molecule is CC(c1cc(F)ccc1F)N(C)C(=O)C1CNC1.Cl. The topological polar surface area (TPSA) is 32.3 Å². The maximum Gasteiger partial charge on any atom is 0.228 e. The number of rotatable bonds is 3. The average Bonchev–Trinajstić information content (AvgIpc) is 2.28. The number of hydrogen-bond donors (Lipinski definition) is 1. The Morgan fingerprint density at radius 2 is 2.05 bits per heavy atom. The molecule has 1 saturated heterocycles. The predicted molar refractivity (Wildman–Crippen MR) is 71.2 cm³/mol. The second kappa shape index (κ2) is 6.30. The molecule has 0 spiro atoms. The Morgan fingerprint density at radius 1 is 1.42 bits per heavy atom. The van der Waals surface area contributed by atoms with Gasteiger partial charge in [0.05, 0.1) is 12.0 Å². The first-order chi connectivity index (χ1) is 8.50. The zero-order valence-electron chi connectivity index (χ0n) is 10.8. The Kier molecular flexibility index (Phi) is 5.26. The van der Waals surface area contributed by atoms with E-state index in [1.165, 1.54) is 4.90 Å². The van der Waals surface area contributed by atoms with E-state index in [1.54, 1.807) is 14.0 Å². The molecular formula is C13H17ClF2N2O. The minimum Gasteiger partial charge on any atom is -0.339 e. The third kappa shape index (κ3) is 3.22. The summed E-state index contributed by atoms with van der Waals surface area (Å²) in [6.45, 7) is 3.00. The number of nitrogens with zero attached hydrogens (tertiary/aromatic N) is 1. The first kappa shape index (κ1) is 15.9. The quantitative estimate of drug-likeness (QED) is 0.925. The van der Waals surface area contributed by atoms with Gasteiger partial charge in [0.1, 0.15) is 11.6 Å². The van der Waals surface area contributed by atoms with E-state index in [0.717, 1.165) is 18.2 Å². The molecule has 1 fully saturated rings. The Labute approximate surface area is 117 Å². The van der Waals surface area contributed by atoms with Crippen LogP contribution < -0.4 is 5.32 Å². The molecule has 1 aliphatic heterocycles. The van der Waals surface area contributed by atoms with Crippen molar-refractivity contribution in [2.24, 2.45) is 5.92 Å². The van der Waals surface area contributed by atoms with Crippen LogP contribution in [0.3, 0.4) is 0 Å². The third-order valence-corrected chi connectivity index (χ3v) is 3.47. The van der Waals surface area contributed by atoms with Gasteiger partial charge in [-0.3, -0.25) is 4.79 Å². The second-order valence-corrected chi connectivity index (χ2v) is 4.65. The largest absolute Gasteiger partial charge is 0.339 e. The number of amides is 1. The Bertz CT molecular complexity index is 466. The van der Waals surface area contributed by atoms with Crippen molar-refractivity contribution >= 4 is 18.3 Å². The smallest absolute Gasteiger partial charge is 0.228 e. The minimum atomic E-state index is -0.496. The summed E-state index contributed by atoms with van der Waals surface area (Å²) in [4.78, 5) is 13.5. The highest BCUT2D eigenvalue weighted by atomic mass is 35.5. The highest BCUT2D eigenvalue weighted by molar-refractivity contribution is 5.85. The van der Waals surface area contributed by atoms with Gasteiger partial charge in [-0.25, -0.2) is 8.78 Å². The standard InChI is InChI=1S/C13H16F2N2O.ClH/c1-8(11-5-10(14)3-4-12(11)15)17(2)13(18)9-6-16-7-9;/h3-5,8-9,16H,6-7H2,1-2H3;1H. The fourth-order valence-electron chi connectivity index (χ4n) is 1.99. The maximum atomic E-state index is 13.6. The van der Waals surface area contributed by atoms with Gasteiger partial charge in [-0.2, -0.15) is 0 Å². The lowest BCUT2D eigenvalue weighted by molar-refractivity contribution is -0.137. The van der Waals surface area contributed by atoms with Crippen LogP contribution in [0.4, 0.5) is 8.78 Å². The predicted octanol–water partition coefficient (Wildman–Crippen LogP) is 2.13. The second-order valence-electron chi connectivity index (χ2n) is 4.65. The summed E-state index contributed by atoms with van der Waals surface area (Å²) in [5, 5.41) is 3.01. The molecule has 1 aromatic rings. The van der Waals surface area contributed by atoms with Crippen molar-refractivity contribution in [1.82, 2.24) is 10.2 Å². The zero-order chi connectivity index (χ0) is 13.3. The van der Waals surface area contributed by atoms with Gasteiger partial charge in [0, 0.05) is 25.7 Å². The van der Waals surface area contributed by atoms with Crippen molar-refractivity contribution in [3.8, 4) is 0 Å². The fourth-order valence-corrected chi connectivity index (χ4v) is 1.99. The van der Waals surface area contributed by atoms with Crippen molar-refractivity contribution in [1.29, 1.82) is 0 Å². The van der Waals surface area contributed by atoms with E-state index in [2.05, 4.69) is 5.32 Å². The molecule has 19 heavy (non-hydrogen) atoms. The van der Waals surface area contributed by atoms with Gasteiger partial charge in [0.15, 0.2) is 0 Å². The van der Waals surface area contributed by atoms with E-state index < -0.39 is 17.7 Å². The number of benzene rings is 1. The highest BCUT2D eigenvalue weighted by Gasteiger charge is 2.30. The molecule has 3 nitrogen and oxygen atoms in total. The Balaban J connectivity index is 0.00000180. The molecule has 0 bridgehead atoms. The van der Waals surface area contributed by atoms with E-state index in [9.17, 15) is 13.6 Å². The van der Waals surface area contributed by atoms with Crippen LogP contribution in [-0.4, -0.2) is 30.9 Å². The van der Waals surface area contributed by atoms with Crippen molar-refractivity contribution in [3.05, 3.63) is 35.4 Å². The average molecular weight is 291 g/mol. The van der Waals surface area contributed by atoms with Crippen LogP contribution in [0.2, 0.25) is 0 Å². The van der Waals surface area contributed by atoms with E-state index in [4.69, 9.17) is 0 Å². The lowest BCUT2D eigenvalue weighted by Gasteiger charge is -2.33. The van der Waals surface area contributed by atoms with Crippen molar-refractivity contribution < 1.29 is 13.6 Å². The van der Waals surface area contributed by atoms with Crippen LogP contribution >= 0.6 is 12.4 Å². The van der Waals surface area contributed by atoms with Gasteiger partial charge >= 0.3 is 0 Å². The molecule has 0 aliphatic carbocycles. The number of halogens is 3. The molecule has 1 N–H and O–H groups in total. The summed E-state index contributed by atoms with van der Waals surface area (Å²) in [5.41, 5.74) is 0.207. The van der Waals surface area contributed by atoms with Gasteiger partial charge in [-0.05, 0) is 25.1 Å². The van der Waals surface area contributed by atoms with Gasteiger partial charge in [-0.15, -0.1) is 12.4 Å². The van der Waals surface area contributed by atoms with Crippen molar-refractivity contribution in [2.45, 2.75) is 13.0 Å². The molecule has 1 amide bonds. The molecule has 106 valence electrons. The van der Waals surface area contributed by atoms with Crippen LogP contribution in [0.25, 0.3) is 0 Å². The van der Waals surface area contributed by atoms with Crippen LogP contribution in [-0.2, 0) is 4.79 Å². The van der Waals surface area contributed by atoms with E-state index in [-0.39, 0.29) is 29.8 Å². The van der Waals surface area contributed by atoms with Gasteiger partial charge < -0.3 is 10.2 Å². The lowest BCUT2D eigenvalue weighted by Crippen LogP contribution is -2.51. The van der Waals surface area contributed by atoms with E-state index >= 15 is 0 Å². The molecule has 2 rings (SSSR count). The monoisotopic (exact) mass is 290 g/mol. The first-order valence-electron chi connectivity index (χ1n) is 5.93. The van der Waals surface area contributed by atoms with Crippen LogP contribution in [0.5, 0.6) is 0 Å². The summed E-state index contributed by atoms with van der Waals surface area (Å²) in [5.74, 6) is -1.07. The maximum absolute atomic E-state index is 13.6. The molecule has 1 aromatic carbocycles. The summed E-state index contributed by atoms with van der Waals surface area (Å²) in [7, 11) is 1.62. The lowest BCUT2D eigenvalue weighted by atomic mass is 9.99. The molecular weight excluding hydrogens is 274 g/mol. The van der Waals surface area contributed by atoms with Crippen LogP contribution in [0, 0.1) is 17.6 Å². The number of carbonyl (C=O) groups is 1. The molecule has 1 heterocycles. The number of carbonyl (C=O) groups excluding carboxylic acids is 1. The van der Waals surface area contributed by atoms with Gasteiger partial charge in [-0.1, -0.05) is 0 Å². The summed E-state index contributed by atoms with van der Waals surface area (Å²) in [6.07, 6.45) is 0. The summed E-state index contributed by atoms with van der Waals surface area (Å²) < 4.78 is 26.8. The molecule has 0 aromatic heterocycles. The fraction of sp³-hybridized carbons (Fsp3) is 0.462. The summed E-state index contributed by atoms with van der Waals surface area (Å²) >= 11 is 0.